The van der Waals surface area contributed by atoms with Gasteiger partial charge in [0.05, 0.1) is 11.6 Å². The third kappa shape index (κ3) is 4.94. The minimum atomic E-state index is -0.520. The van der Waals surface area contributed by atoms with Crippen molar-refractivity contribution >= 4 is 0 Å². The summed E-state index contributed by atoms with van der Waals surface area (Å²) in [5.74, 6) is 0.587. The van der Waals surface area contributed by atoms with Crippen molar-refractivity contribution in [1.82, 2.24) is 0 Å². The summed E-state index contributed by atoms with van der Waals surface area (Å²) in [7, 11) is 0. The van der Waals surface area contributed by atoms with Crippen molar-refractivity contribution in [2.24, 2.45) is 5.92 Å². The molecule has 3 nitrogen and oxygen atoms in total. The van der Waals surface area contributed by atoms with Crippen LogP contribution >= 0.6 is 0 Å². The van der Waals surface area contributed by atoms with Crippen LogP contribution < -0.4 is 4.90 Å². The number of hydrogen-bond acceptors (Lipinski definition) is 2. The number of rotatable bonds is 6. The Balaban J connectivity index is 2.34. The zero-order valence-electron chi connectivity index (χ0n) is 12.1. The SMILES string of the molecule is CC(C)[C@H]1OCC[NH+]1[C@@H](C)CCCC(C)(C)O. The van der Waals surface area contributed by atoms with Crippen LogP contribution in [-0.2, 0) is 4.74 Å². The molecule has 1 aliphatic rings. The molecule has 3 heteroatoms. The zero-order chi connectivity index (χ0) is 13.1. The quantitative estimate of drug-likeness (QED) is 0.736. The lowest BCUT2D eigenvalue weighted by Gasteiger charge is -2.28. The summed E-state index contributed by atoms with van der Waals surface area (Å²) in [6.45, 7) is 12.6. The van der Waals surface area contributed by atoms with Gasteiger partial charge in [0.1, 0.15) is 13.2 Å². The number of aliphatic hydroxyl groups is 1. The Morgan fingerprint density at radius 1 is 1.35 bits per heavy atom. The molecule has 0 aliphatic carbocycles. The van der Waals surface area contributed by atoms with Gasteiger partial charge in [-0.2, -0.15) is 0 Å². The molecule has 0 amide bonds. The fourth-order valence-corrected chi connectivity index (χ4v) is 2.73. The first-order valence-corrected chi connectivity index (χ1v) is 7.01. The summed E-state index contributed by atoms with van der Waals surface area (Å²) < 4.78 is 5.81. The Morgan fingerprint density at radius 2 is 2.00 bits per heavy atom. The predicted molar refractivity (Wildman–Crippen MR) is 70.0 cm³/mol. The van der Waals surface area contributed by atoms with E-state index >= 15 is 0 Å². The van der Waals surface area contributed by atoms with E-state index in [4.69, 9.17) is 4.74 Å². The first kappa shape index (κ1) is 14.9. The molecule has 17 heavy (non-hydrogen) atoms. The molecule has 1 unspecified atom stereocenters. The maximum atomic E-state index is 9.70. The second kappa shape index (κ2) is 6.17. The van der Waals surface area contributed by atoms with E-state index in [2.05, 4.69) is 20.8 Å². The van der Waals surface area contributed by atoms with Crippen molar-refractivity contribution in [3.8, 4) is 0 Å². The van der Waals surface area contributed by atoms with Crippen LogP contribution in [-0.4, -0.2) is 36.1 Å². The lowest BCUT2D eigenvalue weighted by Crippen LogP contribution is -3.17. The topological polar surface area (TPSA) is 33.9 Å². The highest BCUT2D eigenvalue weighted by Crippen LogP contribution is 2.13. The maximum absolute atomic E-state index is 9.70. The number of hydrogen-bond donors (Lipinski definition) is 2. The molecule has 1 rings (SSSR count). The van der Waals surface area contributed by atoms with Crippen LogP contribution in [0.3, 0.4) is 0 Å². The van der Waals surface area contributed by atoms with Crippen molar-refractivity contribution < 1.29 is 14.7 Å². The minimum absolute atomic E-state index is 0.368. The van der Waals surface area contributed by atoms with Gasteiger partial charge < -0.3 is 14.7 Å². The summed E-state index contributed by atoms with van der Waals surface area (Å²) in [4.78, 5) is 1.59. The molecule has 0 saturated carbocycles. The molecule has 1 heterocycles. The molecular weight excluding hydrogens is 214 g/mol. The zero-order valence-corrected chi connectivity index (χ0v) is 12.1. The van der Waals surface area contributed by atoms with Crippen LogP contribution in [0.25, 0.3) is 0 Å². The van der Waals surface area contributed by atoms with Crippen LogP contribution in [0.2, 0.25) is 0 Å². The second-order valence-corrected chi connectivity index (χ2v) is 6.47. The molecule has 0 aromatic heterocycles. The predicted octanol–water partition coefficient (Wildman–Crippen LogP) is 1.21. The highest BCUT2D eigenvalue weighted by Gasteiger charge is 2.35. The number of nitrogens with one attached hydrogen (secondary N) is 1. The molecule has 3 atom stereocenters. The highest BCUT2D eigenvalue weighted by atomic mass is 16.5. The third-order valence-electron chi connectivity index (χ3n) is 3.72. The normalized spacial score (nSPS) is 27.7. The van der Waals surface area contributed by atoms with Gasteiger partial charge in [-0.1, -0.05) is 13.8 Å². The van der Waals surface area contributed by atoms with E-state index in [1.54, 1.807) is 4.90 Å². The second-order valence-electron chi connectivity index (χ2n) is 6.47. The Hall–Kier alpha value is -0.120. The Morgan fingerprint density at radius 3 is 2.53 bits per heavy atom. The van der Waals surface area contributed by atoms with Crippen molar-refractivity contribution in [3.63, 3.8) is 0 Å². The smallest absolute Gasteiger partial charge is 0.194 e. The third-order valence-corrected chi connectivity index (χ3v) is 3.72. The van der Waals surface area contributed by atoms with Gasteiger partial charge in [-0.25, -0.2) is 0 Å². The van der Waals surface area contributed by atoms with Crippen molar-refractivity contribution in [2.45, 2.75) is 71.8 Å². The van der Waals surface area contributed by atoms with E-state index in [1.165, 1.54) is 6.42 Å². The van der Waals surface area contributed by atoms with E-state index in [1.807, 2.05) is 13.8 Å². The van der Waals surface area contributed by atoms with Gasteiger partial charge in [-0.15, -0.1) is 0 Å². The number of quaternary nitrogens is 1. The van der Waals surface area contributed by atoms with E-state index in [0.717, 1.165) is 26.0 Å². The van der Waals surface area contributed by atoms with Crippen molar-refractivity contribution in [1.29, 1.82) is 0 Å². The lowest BCUT2D eigenvalue weighted by atomic mass is 9.99. The van der Waals surface area contributed by atoms with Crippen LogP contribution in [0.1, 0.15) is 53.9 Å². The van der Waals surface area contributed by atoms with Gasteiger partial charge in [-0.3, -0.25) is 0 Å². The fourth-order valence-electron chi connectivity index (χ4n) is 2.73. The Labute approximate surface area is 106 Å². The molecule has 1 aliphatic heterocycles. The van der Waals surface area contributed by atoms with Gasteiger partial charge in [0.25, 0.3) is 0 Å². The standard InChI is InChI=1S/C14H29NO2/c1-11(2)13-15(9-10-17-13)12(3)7-6-8-14(4,5)16/h11-13,16H,6-10H2,1-5H3/p+1/t12-,13+/m0/s1. The van der Waals surface area contributed by atoms with Crippen LogP contribution in [0.5, 0.6) is 0 Å². The molecule has 102 valence electrons. The lowest BCUT2D eigenvalue weighted by molar-refractivity contribution is -0.951. The summed E-state index contributed by atoms with van der Waals surface area (Å²) in [6.07, 6.45) is 3.52. The summed E-state index contributed by atoms with van der Waals surface area (Å²) in [5.41, 5.74) is -0.520. The maximum Gasteiger partial charge on any atom is 0.194 e. The van der Waals surface area contributed by atoms with Crippen molar-refractivity contribution in [2.75, 3.05) is 13.2 Å². The molecule has 0 bridgehead atoms. The summed E-state index contributed by atoms with van der Waals surface area (Å²) >= 11 is 0. The minimum Gasteiger partial charge on any atom is -0.390 e. The highest BCUT2D eigenvalue weighted by molar-refractivity contribution is 4.66. The molecule has 0 aromatic rings. The average Bonchev–Trinajstić information content (AvgIpc) is 2.63. The average molecular weight is 244 g/mol. The van der Waals surface area contributed by atoms with Gasteiger partial charge in [0, 0.05) is 5.92 Å². The van der Waals surface area contributed by atoms with Crippen LogP contribution in [0.4, 0.5) is 0 Å². The first-order chi connectivity index (χ1) is 7.81. The molecule has 2 N–H and O–H groups in total. The van der Waals surface area contributed by atoms with E-state index < -0.39 is 5.60 Å². The molecule has 0 radical (unpaired) electrons. The molecule has 1 saturated heterocycles. The van der Waals surface area contributed by atoms with Crippen molar-refractivity contribution in [3.05, 3.63) is 0 Å². The Bertz CT molecular complexity index is 223. The van der Waals surface area contributed by atoms with Gasteiger partial charge in [0.15, 0.2) is 6.23 Å². The summed E-state index contributed by atoms with van der Waals surface area (Å²) in [6, 6.07) is 0.632. The Kier molecular flexibility index (Phi) is 5.42. The van der Waals surface area contributed by atoms with E-state index in [0.29, 0.717) is 18.2 Å². The fraction of sp³-hybridized carbons (Fsp3) is 1.00. The van der Waals surface area contributed by atoms with Crippen LogP contribution in [0.15, 0.2) is 0 Å². The van der Waals surface area contributed by atoms with Crippen LogP contribution in [0, 0.1) is 5.92 Å². The van der Waals surface area contributed by atoms with Gasteiger partial charge >= 0.3 is 0 Å². The molecule has 1 fully saturated rings. The first-order valence-electron chi connectivity index (χ1n) is 7.01. The molecular formula is C14H30NO2+. The van der Waals surface area contributed by atoms with Gasteiger partial charge in [-0.05, 0) is 40.0 Å². The molecule has 0 aromatic carbocycles. The van der Waals surface area contributed by atoms with E-state index in [-0.39, 0.29) is 0 Å². The number of ether oxygens (including phenoxy) is 1. The monoisotopic (exact) mass is 244 g/mol. The van der Waals surface area contributed by atoms with Gasteiger partial charge in [0.2, 0.25) is 0 Å². The summed E-state index contributed by atoms with van der Waals surface area (Å²) in [5, 5.41) is 9.70. The molecule has 0 spiro atoms. The van der Waals surface area contributed by atoms with E-state index in [9.17, 15) is 5.11 Å². The largest absolute Gasteiger partial charge is 0.390 e.